The molecule has 0 aromatic carbocycles. The van der Waals surface area contributed by atoms with E-state index in [2.05, 4.69) is 36.1 Å². The lowest BCUT2D eigenvalue weighted by Gasteiger charge is -2.30. The monoisotopic (exact) mass is 181 g/mol. The molecule has 0 radical (unpaired) electrons. The van der Waals surface area contributed by atoms with Gasteiger partial charge in [-0.1, -0.05) is 12.1 Å². The predicted molar refractivity (Wildman–Crippen MR) is 52.5 cm³/mol. The van der Waals surface area contributed by atoms with Crippen molar-refractivity contribution in [3.05, 3.63) is 0 Å². The minimum atomic E-state index is 0.185. The summed E-state index contributed by atoms with van der Waals surface area (Å²) >= 11 is 0. The van der Waals surface area contributed by atoms with Crippen molar-refractivity contribution in [1.82, 2.24) is 5.01 Å². The molecule has 2 rings (SSSR count). The molecule has 1 fully saturated rings. The van der Waals surface area contributed by atoms with E-state index in [1.165, 1.54) is 19.3 Å². The van der Waals surface area contributed by atoms with Gasteiger partial charge in [0.1, 0.15) is 5.54 Å². The van der Waals surface area contributed by atoms with Crippen LogP contribution in [0.4, 0.5) is 0 Å². The van der Waals surface area contributed by atoms with Crippen molar-refractivity contribution in [1.29, 1.82) is 0 Å². The van der Waals surface area contributed by atoms with Gasteiger partial charge in [-0.3, -0.25) is 5.01 Å². The summed E-state index contributed by atoms with van der Waals surface area (Å²) in [6.07, 6.45) is 4.98. The van der Waals surface area contributed by atoms with Crippen molar-refractivity contribution in [3.8, 4) is 0 Å². The van der Waals surface area contributed by atoms with Crippen LogP contribution in [0.1, 0.15) is 46.5 Å². The standard InChI is InChI=1S/C10H19N3/c1-4-10-7-5-6-9(10)13(8(2)3)12-11-10/h8-9H,4-7H2,1-3H3. The molecule has 1 aliphatic carbocycles. The second kappa shape index (κ2) is 2.96. The molecule has 0 aromatic heterocycles. The van der Waals surface area contributed by atoms with Crippen LogP contribution in [0.15, 0.2) is 10.3 Å². The molecular formula is C10H19N3. The Hall–Kier alpha value is -0.600. The van der Waals surface area contributed by atoms with E-state index in [1.807, 2.05) is 0 Å². The zero-order valence-electron chi connectivity index (χ0n) is 8.82. The maximum Gasteiger partial charge on any atom is 0.105 e. The summed E-state index contributed by atoms with van der Waals surface area (Å²) < 4.78 is 0. The molecule has 74 valence electrons. The summed E-state index contributed by atoms with van der Waals surface area (Å²) in [5.74, 6) is 0. The molecule has 2 aliphatic rings. The van der Waals surface area contributed by atoms with Crippen LogP contribution in [0.2, 0.25) is 0 Å². The van der Waals surface area contributed by atoms with Crippen LogP contribution < -0.4 is 0 Å². The minimum absolute atomic E-state index is 0.185. The van der Waals surface area contributed by atoms with Gasteiger partial charge in [-0.25, -0.2) is 0 Å². The van der Waals surface area contributed by atoms with E-state index in [-0.39, 0.29) is 5.54 Å². The second-order valence-corrected chi connectivity index (χ2v) is 4.53. The van der Waals surface area contributed by atoms with Crippen LogP contribution in [-0.4, -0.2) is 22.6 Å². The second-order valence-electron chi connectivity index (χ2n) is 4.53. The fraction of sp³-hybridized carbons (Fsp3) is 1.00. The van der Waals surface area contributed by atoms with E-state index in [4.69, 9.17) is 0 Å². The van der Waals surface area contributed by atoms with Crippen LogP contribution in [0.3, 0.4) is 0 Å². The van der Waals surface area contributed by atoms with Gasteiger partial charge < -0.3 is 0 Å². The van der Waals surface area contributed by atoms with Crippen molar-refractivity contribution < 1.29 is 0 Å². The first kappa shape index (κ1) is 8.97. The van der Waals surface area contributed by atoms with E-state index in [9.17, 15) is 0 Å². The van der Waals surface area contributed by atoms with Gasteiger partial charge in [-0.15, -0.1) is 0 Å². The number of rotatable bonds is 2. The lowest BCUT2D eigenvalue weighted by molar-refractivity contribution is 0.156. The van der Waals surface area contributed by atoms with Gasteiger partial charge in [0.05, 0.1) is 6.04 Å². The molecule has 1 saturated carbocycles. The predicted octanol–water partition coefficient (Wildman–Crippen LogP) is 2.78. The van der Waals surface area contributed by atoms with Crippen molar-refractivity contribution >= 4 is 0 Å². The maximum absolute atomic E-state index is 4.50. The highest BCUT2D eigenvalue weighted by atomic mass is 15.6. The molecule has 13 heavy (non-hydrogen) atoms. The largest absolute Gasteiger partial charge is 0.271 e. The van der Waals surface area contributed by atoms with Crippen molar-refractivity contribution in [2.45, 2.75) is 64.1 Å². The summed E-state index contributed by atoms with van der Waals surface area (Å²) in [6.45, 7) is 6.63. The SMILES string of the molecule is CCC12CCCC1N(C(C)C)N=N2. The van der Waals surface area contributed by atoms with Crippen molar-refractivity contribution in [3.63, 3.8) is 0 Å². The first-order chi connectivity index (χ1) is 6.19. The van der Waals surface area contributed by atoms with Crippen LogP contribution in [0.25, 0.3) is 0 Å². The Labute approximate surface area is 80.2 Å². The third-order valence-corrected chi connectivity index (χ3v) is 3.52. The fourth-order valence-corrected chi connectivity index (χ4v) is 2.68. The van der Waals surface area contributed by atoms with Gasteiger partial charge in [0.2, 0.25) is 0 Å². The molecule has 0 N–H and O–H groups in total. The first-order valence-corrected chi connectivity index (χ1v) is 5.41. The highest BCUT2D eigenvalue weighted by Crippen LogP contribution is 2.44. The normalized spacial score (nSPS) is 37.5. The van der Waals surface area contributed by atoms with Gasteiger partial charge in [0.15, 0.2) is 0 Å². The Morgan fingerprint density at radius 1 is 1.54 bits per heavy atom. The maximum atomic E-state index is 4.50. The fourth-order valence-electron chi connectivity index (χ4n) is 2.68. The van der Waals surface area contributed by atoms with Gasteiger partial charge >= 0.3 is 0 Å². The van der Waals surface area contributed by atoms with Crippen LogP contribution in [0.5, 0.6) is 0 Å². The Kier molecular flexibility index (Phi) is 2.05. The quantitative estimate of drug-likeness (QED) is 0.643. The first-order valence-electron chi connectivity index (χ1n) is 5.41. The van der Waals surface area contributed by atoms with E-state index in [0.29, 0.717) is 12.1 Å². The molecule has 0 bridgehead atoms. The van der Waals surface area contributed by atoms with E-state index >= 15 is 0 Å². The zero-order chi connectivity index (χ0) is 9.47. The molecule has 1 aliphatic heterocycles. The average molecular weight is 181 g/mol. The van der Waals surface area contributed by atoms with E-state index in [0.717, 1.165) is 6.42 Å². The van der Waals surface area contributed by atoms with Crippen molar-refractivity contribution in [2.24, 2.45) is 10.3 Å². The number of hydrogen-bond acceptors (Lipinski definition) is 3. The minimum Gasteiger partial charge on any atom is -0.271 e. The number of fused-ring (bicyclic) bond motifs is 1. The Morgan fingerprint density at radius 3 is 2.92 bits per heavy atom. The van der Waals surface area contributed by atoms with E-state index in [1.54, 1.807) is 0 Å². The topological polar surface area (TPSA) is 28.0 Å². The summed E-state index contributed by atoms with van der Waals surface area (Å²) in [7, 11) is 0. The third kappa shape index (κ3) is 1.17. The molecule has 0 spiro atoms. The Bertz CT molecular complexity index is 224. The van der Waals surface area contributed by atoms with Gasteiger partial charge in [-0.2, -0.15) is 5.11 Å². The highest BCUT2D eigenvalue weighted by molar-refractivity contribution is 5.05. The smallest absolute Gasteiger partial charge is 0.105 e. The van der Waals surface area contributed by atoms with E-state index < -0.39 is 0 Å². The molecule has 2 atom stereocenters. The summed E-state index contributed by atoms with van der Waals surface area (Å²) in [5.41, 5.74) is 0.185. The lowest BCUT2D eigenvalue weighted by atomic mass is 9.91. The average Bonchev–Trinajstić information content (AvgIpc) is 2.59. The zero-order valence-corrected chi connectivity index (χ0v) is 8.82. The Balaban J connectivity index is 2.20. The van der Waals surface area contributed by atoms with Gasteiger partial charge in [0, 0.05) is 6.04 Å². The molecular weight excluding hydrogens is 162 g/mol. The molecule has 2 unspecified atom stereocenters. The van der Waals surface area contributed by atoms with Crippen molar-refractivity contribution in [2.75, 3.05) is 0 Å². The summed E-state index contributed by atoms with van der Waals surface area (Å²) in [4.78, 5) is 0. The van der Waals surface area contributed by atoms with Crippen LogP contribution in [0, 0.1) is 0 Å². The summed E-state index contributed by atoms with van der Waals surface area (Å²) in [6, 6.07) is 1.10. The molecule has 0 aromatic rings. The van der Waals surface area contributed by atoms with Crippen LogP contribution >= 0.6 is 0 Å². The Morgan fingerprint density at radius 2 is 2.31 bits per heavy atom. The molecule has 0 saturated heterocycles. The molecule has 1 heterocycles. The van der Waals surface area contributed by atoms with Gasteiger partial charge in [-0.05, 0) is 39.5 Å². The molecule has 3 nitrogen and oxygen atoms in total. The summed E-state index contributed by atoms with van der Waals surface area (Å²) in [5, 5.41) is 11.0. The lowest BCUT2D eigenvalue weighted by Crippen LogP contribution is -2.42. The number of nitrogens with zero attached hydrogens (tertiary/aromatic N) is 3. The highest BCUT2D eigenvalue weighted by Gasteiger charge is 2.49. The molecule has 3 heteroatoms. The third-order valence-electron chi connectivity index (χ3n) is 3.52. The van der Waals surface area contributed by atoms with Gasteiger partial charge in [0.25, 0.3) is 0 Å². The number of hydrogen-bond donors (Lipinski definition) is 0. The molecule has 0 amide bonds. The van der Waals surface area contributed by atoms with Crippen LogP contribution in [-0.2, 0) is 0 Å².